The van der Waals surface area contributed by atoms with Gasteiger partial charge in [-0.1, -0.05) is 279 Å². The fourth-order valence-corrected chi connectivity index (χ4v) is 12.8. The molecule has 0 aliphatic rings. The Hall–Kier alpha value is -11.7. The molecule has 0 saturated heterocycles. The van der Waals surface area contributed by atoms with E-state index in [1.54, 1.807) is 48.5 Å². The maximum atomic E-state index is 10.8. The number of phenolic OH excluding ortho intramolecular Hbond substituents is 4. The van der Waals surface area contributed by atoms with Crippen molar-refractivity contribution in [2.24, 2.45) is 0 Å². The normalized spacial score (nSPS) is 11.1. The molecule has 14 aromatic rings. The molecule has 0 radical (unpaired) electrons. The van der Waals surface area contributed by atoms with Gasteiger partial charge in [-0.2, -0.15) is 0 Å². The number of aromatic hydroxyl groups is 4. The van der Waals surface area contributed by atoms with Crippen LogP contribution in [-0.2, 0) is 0 Å². The van der Waals surface area contributed by atoms with Crippen LogP contribution in [0, 0.1) is 0 Å². The predicted octanol–water partition coefficient (Wildman–Crippen LogP) is 22.2. The quantitative estimate of drug-likeness (QED) is 0.0927. The third-order valence-electron chi connectivity index (χ3n) is 16.7. The van der Waals surface area contributed by atoms with Crippen molar-refractivity contribution < 1.29 is 20.4 Å². The molecule has 88 heavy (non-hydrogen) atoms. The van der Waals surface area contributed by atoms with Gasteiger partial charge in [0.2, 0.25) is 0 Å². The summed E-state index contributed by atoms with van der Waals surface area (Å²) in [6.45, 7) is 0. The van der Waals surface area contributed by atoms with E-state index in [2.05, 4.69) is 218 Å². The van der Waals surface area contributed by atoms with Crippen molar-refractivity contribution in [1.82, 2.24) is 0 Å². The maximum Gasteiger partial charge on any atom is 0.115 e. The first-order valence-corrected chi connectivity index (χ1v) is 29.5. The van der Waals surface area contributed by atoms with E-state index in [9.17, 15) is 20.4 Å². The largest absolute Gasteiger partial charge is 0.508 e. The molecule has 0 amide bonds. The molecule has 418 valence electrons. The van der Waals surface area contributed by atoms with Crippen LogP contribution in [-0.4, -0.2) is 20.4 Å². The highest BCUT2D eigenvalue weighted by Crippen LogP contribution is 2.58. The lowest BCUT2D eigenvalue weighted by molar-refractivity contribution is 0.475. The maximum absolute atomic E-state index is 10.8. The molecule has 0 aliphatic heterocycles. The summed E-state index contributed by atoms with van der Waals surface area (Å²) >= 11 is 0. The molecule has 0 fully saturated rings. The standard InChI is InChI=1S/C84H58O4/c85-69-47-39-65(40-48-69)81-75(59-23-11-3-12-24-59)73(57-19-7-1-8-20-57)79(77(61-27-15-5-16-28-61)83(81)67-43-51-71(87)52-44-67)63-35-31-55(32-36-63)56-33-37-64(38-34-56)80-74(58-21-9-2-10-22-58)76(60-25-13-4-14-26-60)82(66-41-49-70(86)50-42-66)84(68-45-53-72(88)54-46-68)78(80)62-29-17-6-18-30-62/h1-54,85-88H. The van der Waals surface area contributed by atoms with E-state index in [0.717, 1.165) is 145 Å². The molecule has 4 nitrogen and oxygen atoms in total. The van der Waals surface area contributed by atoms with E-state index in [-0.39, 0.29) is 23.0 Å². The van der Waals surface area contributed by atoms with Gasteiger partial charge in [0.1, 0.15) is 23.0 Å². The number of phenols is 4. The fourth-order valence-electron chi connectivity index (χ4n) is 12.8. The second-order valence-electron chi connectivity index (χ2n) is 22.0. The summed E-state index contributed by atoms with van der Waals surface area (Å²) in [5.41, 5.74) is 26.5. The first-order chi connectivity index (χ1) is 43.3. The molecule has 0 aliphatic carbocycles. The van der Waals surface area contributed by atoms with Gasteiger partial charge in [0.05, 0.1) is 0 Å². The zero-order chi connectivity index (χ0) is 59.5. The zero-order valence-corrected chi connectivity index (χ0v) is 48.0. The van der Waals surface area contributed by atoms with Crippen LogP contribution < -0.4 is 0 Å². The van der Waals surface area contributed by atoms with Gasteiger partial charge >= 0.3 is 0 Å². The van der Waals surface area contributed by atoms with Crippen molar-refractivity contribution in [3.63, 3.8) is 0 Å². The van der Waals surface area contributed by atoms with Gasteiger partial charge in [-0.15, -0.1) is 0 Å². The first-order valence-electron chi connectivity index (χ1n) is 29.5. The smallest absolute Gasteiger partial charge is 0.115 e. The van der Waals surface area contributed by atoms with Gasteiger partial charge in [-0.25, -0.2) is 0 Å². The highest BCUT2D eigenvalue weighted by molar-refractivity contribution is 6.17. The molecule has 4 heteroatoms. The van der Waals surface area contributed by atoms with Gasteiger partial charge < -0.3 is 20.4 Å². The summed E-state index contributed by atoms with van der Waals surface area (Å²) in [5, 5.41) is 43.1. The van der Waals surface area contributed by atoms with E-state index in [0.29, 0.717) is 0 Å². The SMILES string of the molecule is Oc1ccc(-c2c(-c3ccccc3)c(-c3ccccc3)c(-c3ccc(-c4ccc(-c5c(-c6ccccc6)c(-c6ccccc6)c(-c6ccc(O)cc6)c(-c6ccc(O)cc6)c5-c5ccccc5)cc4)cc3)c(-c3ccccc3)c2-c2ccc(O)cc2)cc1. The number of hydrogen-bond donors (Lipinski definition) is 4. The third kappa shape index (κ3) is 10.4. The van der Waals surface area contributed by atoms with Crippen LogP contribution in [0.25, 0.3) is 145 Å². The van der Waals surface area contributed by atoms with Crippen LogP contribution in [0.1, 0.15) is 0 Å². The lowest BCUT2D eigenvalue weighted by Gasteiger charge is -2.29. The Bertz CT molecular complexity index is 4440. The highest BCUT2D eigenvalue weighted by Gasteiger charge is 2.31. The van der Waals surface area contributed by atoms with Gasteiger partial charge in [0, 0.05) is 0 Å². The molecule has 14 aromatic carbocycles. The number of rotatable bonds is 13. The summed E-state index contributed by atoms with van der Waals surface area (Å²) in [6.07, 6.45) is 0. The lowest BCUT2D eigenvalue weighted by atomic mass is 9.74. The number of hydrogen-bond acceptors (Lipinski definition) is 4. The third-order valence-corrected chi connectivity index (χ3v) is 16.7. The molecule has 0 heterocycles. The van der Waals surface area contributed by atoms with Crippen LogP contribution in [0.4, 0.5) is 0 Å². The Labute approximate surface area is 512 Å². The van der Waals surface area contributed by atoms with Gasteiger partial charge in [0.15, 0.2) is 0 Å². The molecule has 4 N–H and O–H groups in total. The van der Waals surface area contributed by atoms with Crippen molar-refractivity contribution in [3.8, 4) is 168 Å². The Morgan fingerprint density at radius 1 is 0.102 bits per heavy atom. The van der Waals surface area contributed by atoms with E-state index in [1.807, 2.05) is 60.7 Å². The Morgan fingerprint density at radius 3 is 0.341 bits per heavy atom. The van der Waals surface area contributed by atoms with Crippen LogP contribution >= 0.6 is 0 Å². The highest BCUT2D eigenvalue weighted by atomic mass is 16.3. The van der Waals surface area contributed by atoms with Crippen molar-refractivity contribution in [2.75, 3.05) is 0 Å². The summed E-state index contributed by atoms with van der Waals surface area (Å²) in [5.74, 6) is 0.717. The summed E-state index contributed by atoms with van der Waals surface area (Å²) in [6, 6.07) is 112. The van der Waals surface area contributed by atoms with E-state index < -0.39 is 0 Å². The molecule has 14 rings (SSSR count). The van der Waals surface area contributed by atoms with Crippen molar-refractivity contribution >= 4 is 0 Å². The van der Waals surface area contributed by atoms with Crippen molar-refractivity contribution in [1.29, 1.82) is 0 Å². The molecular formula is C84H58O4. The van der Waals surface area contributed by atoms with Gasteiger partial charge in [-0.3, -0.25) is 0 Å². The number of benzene rings is 14. The molecule has 0 atom stereocenters. The van der Waals surface area contributed by atoms with Crippen LogP contribution in [0.3, 0.4) is 0 Å². The summed E-state index contributed by atoms with van der Waals surface area (Å²) in [7, 11) is 0. The summed E-state index contributed by atoms with van der Waals surface area (Å²) in [4.78, 5) is 0. The fraction of sp³-hybridized carbons (Fsp3) is 0. The topological polar surface area (TPSA) is 80.9 Å². The minimum absolute atomic E-state index is 0.178. The predicted molar refractivity (Wildman–Crippen MR) is 364 cm³/mol. The Kier molecular flexibility index (Phi) is 14.6. The van der Waals surface area contributed by atoms with Crippen LogP contribution in [0.2, 0.25) is 0 Å². The van der Waals surface area contributed by atoms with E-state index >= 15 is 0 Å². The minimum atomic E-state index is 0.178. The average Bonchev–Trinajstić information content (AvgIpc) is 1.55. The Morgan fingerprint density at radius 2 is 0.205 bits per heavy atom. The average molecular weight is 1130 g/mol. The Balaban J connectivity index is 1.02. The molecule has 0 aromatic heterocycles. The molecule has 0 bridgehead atoms. The monoisotopic (exact) mass is 1130 g/mol. The summed E-state index contributed by atoms with van der Waals surface area (Å²) < 4.78 is 0. The van der Waals surface area contributed by atoms with E-state index in [4.69, 9.17) is 0 Å². The van der Waals surface area contributed by atoms with Gasteiger partial charge in [0.25, 0.3) is 0 Å². The van der Waals surface area contributed by atoms with Gasteiger partial charge in [-0.05, 0) is 193 Å². The van der Waals surface area contributed by atoms with E-state index in [1.165, 1.54) is 0 Å². The van der Waals surface area contributed by atoms with Crippen LogP contribution in [0.5, 0.6) is 23.0 Å². The lowest BCUT2D eigenvalue weighted by Crippen LogP contribution is -2.02. The van der Waals surface area contributed by atoms with Crippen molar-refractivity contribution in [2.45, 2.75) is 0 Å². The van der Waals surface area contributed by atoms with Crippen molar-refractivity contribution in [3.05, 3.63) is 328 Å². The van der Waals surface area contributed by atoms with Crippen LogP contribution in [0.15, 0.2) is 328 Å². The molecule has 0 saturated carbocycles. The second kappa shape index (κ2) is 23.7. The molecular weight excluding hydrogens is 1070 g/mol. The second-order valence-corrected chi connectivity index (χ2v) is 22.0. The molecule has 0 spiro atoms. The first kappa shape index (κ1) is 54.2. The minimum Gasteiger partial charge on any atom is -0.508 e. The zero-order valence-electron chi connectivity index (χ0n) is 48.0. The molecule has 0 unspecified atom stereocenters.